The van der Waals surface area contributed by atoms with Crippen LogP contribution in [-0.2, 0) is 16.0 Å². The summed E-state index contributed by atoms with van der Waals surface area (Å²) >= 11 is 0. The lowest BCUT2D eigenvalue weighted by Crippen LogP contribution is -2.46. The van der Waals surface area contributed by atoms with Crippen molar-refractivity contribution >= 4 is 11.8 Å². The van der Waals surface area contributed by atoms with Crippen molar-refractivity contribution < 1.29 is 9.59 Å². The van der Waals surface area contributed by atoms with Gasteiger partial charge >= 0.3 is 0 Å². The van der Waals surface area contributed by atoms with E-state index in [0.29, 0.717) is 19.0 Å². The molecule has 0 bridgehead atoms. The number of amides is 2. The number of hydrogen-bond donors (Lipinski definition) is 2. The molecular weight excluding hydrogens is 344 g/mol. The molecule has 2 aliphatic rings. The predicted octanol–water partition coefficient (Wildman–Crippen LogP) is 0.742. The molecule has 3 heterocycles. The van der Waals surface area contributed by atoms with Crippen molar-refractivity contribution in [1.82, 2.24) is 14.8 Å². The van der Waals surface area contributed by atoms with Crippen molar-refractivity contribution in [3.63, 3.8) is 0 Å². The van der Waals surface area contributed by atoms with E-state index in [2.05, 4.69) is 4.98 Å². The molecule has 2 amide bonds. The number of nitrogens with two attached hydrogens (primary N) is 1. The Morgan fingerprint density at radius 1 is 1.11 bits per heavy atom. The molecular formula is C20H30N4O3. The van der Waals surface area contributed by atoms with Crippen molar-refractivity contribution in [3.8, 4) is 0 Å². The van der Waals surface area contributed by atoms with Gasteiger partial charge in [0, 0.05) is 51.4 Å². The highest BCUT2D eigenvalue weighted by Gasteiger charge is 2.32. The second-order valence-corrected chi connectivity index (χ2v) is 7.99. The molecule has 148 valence electrons. The number of carbonyl (C=O) groups excluding carboxylic acids is 2. The number of piperidine rings is 1. The fourth-order valence-electron chi connectivity index (χ4n) is 4.20. The Hall–Kier alpha value is -2.15. The second kappa shape index (κ2) is 8.69. The van der Waals surface area contributed by atoms with Crippen LogP contribution in [0.15, 0.2) is 23.1 Å². The summed E-state index contributed by atoms with van der Waals surface area (Å²) in [5.41, 5.74) is 7.12. The SMILES string of the molecule is CC(=O)N1C[C@@H](N)CC[C@@H](C(=O)N2CCC(Cc3ccc(=O)[nH]c3)CC2)C1. The fraction of sp³-hybridized carbons (Fsp3) is 0.650. The van der Waals surface area contributed by atoms with Gasteiger partial charge in [0.1, 0.15) is 0 Å². The Kier molecular flexibility index (Phi) is 6.31. The Balaban J connectivity index is 1.53. The maximum atomic E-state index is 13.0. The van der Waals surface area contributed by atoms with Crippen LogP contribution in [0.25, 0.3) is 0 Å². The van der Waals surface area contributed by atoms with Crippen LogP contribution >= 0.6 is 0 Å². The summed E-state index contributed by atoms with van der Waals surface area (Å²) in [5.74, 6) is 0.539. The number of aromatic amines is 1. The van der Waals surface area contributed by atoms with Crippen LogP contribution in [0.5, 0.6) is 0 Å². The van der Waals surface area contributed by atoms with Crippen LogP contribution in [0.4, 0.5) is 0 Å². The maximum absolute atomic E-state index is 13.0. The van der Waals surface area contributed by atoms with E-state index >= 15 is 0 Å². The van der Waals surface area contributed by atoms with E-state index in [1.165, 1.54) is 0 Å². The Morgan fingerprint density at radius 3 is 2.48 bits per heavy atom. The van der Waals surface area contributed by atoms with E-state index in [9.17, 15) is 14.4 Å². The number of likely N-dealkylation sites (tertiary alicyclic amines) is 2. The van der Waals surface area contributed by atoms with E-state index in [4.69, 9.17) is 5.73 Å². The molecule has 0 aromatic carbocycles. The molecule has 2 fully saturated rings. The molecule has 0 aliphatic carbocycles. The van der Waals surface area contributed by atoms with Crippen molar-refractivity contribution in [2.45, 2.75) is 45.1 Å². The molecule has 2 saturated heterocycles. The summed E-state index contributed by atoms with van der Waals surface area (Å²) in [6, 6.07) is 3.39. The van der Waals surface area contributed by atoms with Gasteiger partial charge in [-0.2, -0.15) is 0 Å². The van der Waals surface area contributed by atoms with Crippen LogP contribution < -0.4 is 11.3 Å². The van der Waals surface area contributed by atoms with Crippen molar-refractivity contribution in [3.05, 3.63) is 34.2 Å². The van der Waals surface area contributed by atoms with E-state index < -0.39 is 0 Å². The Morgan fingerprint density at radius 2 is 1.85 bits per heavy atom. The van der Waals surface area contributed by atoms with Gasteiger partial charge in [-0.1, -0.05) is 6.07 Å². The van der Waals surface area contributed by atoms with Gasteiger partial charge < -0.3 is 20.5 Å². The van der Waals surface area contributed by atoms with E-state index in [1.807, 2.05) is 11.0 Å². The summed E-state index contributed by atoms with van der Waals surface area (Å²) in [4.78, 5) is 42.4. The quantitative estimate of drug-likeness (QED) is 0.815. The standard InChI is InChI=1S/C20H30N4O3/c1-14(25)24-12-17(3-4-18(21)13-24)20(27)23-8-6-15(7-9-23)10-16-2-5-19(26)22-11-16/h2,5,11,15,17-18H,3-4,6-10,12-13,21H2,1H3,(H,22,26)/t17-,18+/m1/s1. The summed E-state index contributed by atoms with van der Waals surface area (Å²) in [6.07, 6.45) is 6.17. The lowest BCUT2D eigenvalue weighted by atomic mass is 9.89. The highest BCUT2D eigenvalue weighted by atomic mass is 16.2. The number of nitrogens with zero attached hydrogens (tertiary/aromatic N) is 2. The molecule has 2 aliphatic heterocycles. The third-order valence-corrected chi connectivity index (χ3v) is 5.88. The third-order valence-electron chi connectivity index (χ3n) is 5.88. The van der Waals surface area contributed by atoms with Crippen LogP contribution in [0.1, 0.15) is 38.2 Å². The molecule has 3 rings (SSSR count). The lowest BCUT2D eigenvalue weighted by Gasteiger charge is -2.35. The van der Waals surface area contributed by atoms with Gasteiger partial charge in [0.15, 0.2) is 0 Å². The van der Waals surface area contributed by atoms with Crippen LogP contribution in [0.2, 0.25) is 0 Å². The molecule has 2 atom stereocenters. The molecule has 1 aromatic rings. The first-order chi connectivity index (χ1) is 12.9. The molecule has 0 radical (unpaired) electrons. The topological polar surface area (TPSA) is 99.5 Å². The first kappa shape index (κ1) is 19.6. The van der Waals surface area contributed by atoms with Crippen LogP contribution in [-0.4, -0.2) is 58.8 Å². The number of rotatable bonds is 3. The smallest absolute Gasteiger partial charge is 0.247 e. The zero-order valence-electron chi connectivity index (χ0n) is 16.0. The van der Waals surface area contributed by atoms with Crippen molar-refractivity contribution in [2.75, 3.05) is 26.2 Å². The minimum absolute atomic E-state index is 0.00948. The first-order valence-electron chi connectivity index (χ1n) is 9.90. The predicted molar refractivity (Wildman–Crippen MR) is 103 cm³/mol. The zero-order chi connectivity index (χ0) is 19.4. The molecule has 1 aromatic heterocycles. The van der Waals surface area contributed by atoms with E-state index in [0.717, 1.165) is 50.8 Å². The molecule has 7 nitrogen and oxygen atoms in total. The number of nitrogens with one attached hydrogen (secondary N) is 1. The molecule has 0 saturated carbocycles. The molecule has 3 N–H and O–H groups in total. The minimum atomic E-state index is -0.141. The summed E-state index contributed by atoms with van der Waals surface area (Å²) in [6.45, 7) is 4.09. The van der Waals surface area contributed by atoms with E-state index in [-0.39, 0.29) is 29.3 Å². The Labute approximate surface area is 159 Å². The Bertz CT molecular complexity index is 704. The van der Waals surface area contributed by atoms with Crippen molar-refractivity contribution in [2.24, 2.45) is 17.6 Å². The maximum Gasteiger partial charge on any atom is 0.247 e. The monoisotopic (exact) mass is 374 g/mol. The summed E-state index contributed by atoms with van der Waals surface area (Å²) < 4.78 is 0. The summed E-state index contributed by atoms with van der Waals surface area (Å²) in [5, 5.41) is 0. The number of aromatic nitrogens is 1. The average Bonchev–Trinajstić information content (AvgIpc) is 2.86. The van der Waals surface area contributed by atoms with Crippen LogP contribution in [0, 0.1) is 11.8 Å². The first-order valence-corrected chi connectivity index (χ1v) is 9.90. The molecule has 27 heavy (non-hydrogen) atoms. The minimum Gasteiger partial charge on any atom is -0.342 e. The highest BCUT2D eigenvalue weighted by molar-refractivity contribution is 5.80. The molecule has 7 heteroatoms. The van der Waals surface area contributed by atoms with Gasteiger partial charge in [-0.05, 0) is 43.6 Å². The van der Waals surface area contributed by atoms with Crippen molar-refractivity contribution in [1.29, 1.82) is 0 Å². The fourth-order valence-corrected chi connectivity index (χ4v) is 4.20. The normalized spacial score (nSPS) is 24.5. The van der Waals surface area contributed by atoms with Gasteiger partial charge in [0.05, 0.1) is 5.92 Å². The van der Waals surface area contributed by atoms with Gasteiger partial charge in [-0.3, -0.25) is 14.4 Å². The third kappa shape index (κ3) is 5.19. The zero-order valence-corrected chi connectivity index (χ0v) is 16.0. The molecule has 0 unspecified atom stereocenters. The van der Waals surface area contributed by atoms with Gasteiger partial charge in [-0.25, -0.2) is 0 Å². The second-order valence-electron chi connectivity index (χ2n) is 7.99. The number of carbonyl (C=O) groups is 2. The average molecular weight is 374 g/mol. The van der Waals surface area contributed by atoms with Gasteiger partial charge in [0.25, 0.3) is 0 Å². The summed E-state index contributed by atoms with van der Waals surface area (Å²) in [7, 11) is 0. The number of hydrogen-bond acceptors (Lipinski definition) is 4. The van der Waals surface area contributed by atoms with Crippen LogP contribution in [0.3, 0.4) is 0 Å². The number of pyridine rings is 1. The lowest BCUT2D eigenvalue weighted by molar-refractivity contribution is -0.139. The largest absolute Gasteiger partial charge is 0.342 e. The number of H-pyrrole nitrogens is 1. The van der Waals surface area contributed by atoms with Gasteiger partial charge in [0.2, 0.25) is 17.4 Å². The molecule has 0 spiro atoms. The van der Waals surface area contributed by atoms with E-state index in [1.54, 1.807) is 24.1 Å². The highest BCUT2D eigenvalue weighted by Crippen LogP contribution is 2.25. The van der Waals surface area contributed by atoms with Gasteiger partial charge in [-0.15, -0.1) is 0 Å².